The van der Waals surface area contributed by atoms with Crippen molar-refractivity contribution in [2.45, 2.75) is 6.42 Å². The molecule has 7 heteroatoms. The predicted octanol–water partition coefficient (Wildman–Crippen LogP) is 2.32. The number of benzene rings is 1. The number of hydrogen-bond acceptors (Lipinski definition) is 6. The number of rotatable bonds is 2. The second-order valence-electron chi connectivity index (χ2n) is 3.64. The van der Waals surface area contributed by atoms with Crippen LogP contribution in [0.5, 0.6) is 5.75 Å². The van der Waals surface area contributed by atoms with Crippen LogP contribution in [-0.2, 0) is 4.79 Å². The fourth-order valence-corrected chi connectivity index (χ4v) is 2.35. The van der Waals surface area contributed by atoms with Crippen molar-refractivity contribution in [2.24, 2.45) is 0 Å². The number of allylic oxidation sites excluding steroid dienone is 1. The van der Waals surface area contributed by atoms with Crippen LogP contribution < -0.4 is 0 Å². The Morgan fingerprint density at radius 2 is 2.22 bits per heavy atom. The van der Waals surface area contributed by atoms with Gasteiger partial charge in [-0.1, -0.05) is 17.8 Å². The second kappa shape index (κ2) is 4.61. The molecule has 92 valence electrons. The van der Waals surface area contributed by atoms with Gasteiger partial charge in [0, 0.05) is 6.07 Å². The first-order valence-electron chi connectivity index (χ1n) is 4.95. The second-order valence-corrected chi connectivity index (χ2v) is 4.78. The number of nitro groups is 1. The van der Waals surface area contributed by atoms with Crippen molar-refractivity contribution in [1.29, 1.82) is 5.41 Å². The molecule has 0 spiro atoms. The summed E-state index contributed by atoms with van der Waals surface area (Å²) in [5, 5.41) is 27.6. The third-order valence-corrected chi connectivity index (χ3v) is 3.28. The smallest absolute Gasteiger partial charge is 0.311 e. The van der Waals surface area contributed by atoms with Gasteiger partial charge in [0.2, 0.25) is 0 Å². The zero-order valence-electron chi connectivity index (χ0n) is 9.04. The quantitative estimate of drug-likeness (QED) is 0.484. The van der Waals surface area contributed by atoms with E-state index in [1.807, 2.05) is 0 Å². The van der Waals surface area contributed by atoms with Gasteiger partial charge in [0.1, 0.15) is 0 Å². The Balaban J connectivity index is 2.38. The Hall–Kier alpha value is -2.15. The highest BCUT2D eigenvalue weighted by Crippen LogP contribution is 2.33. The zero-order chi connectivity index (χ0) is 13.3. The van der Waals surface area contributed by atoms with Crippen LogP contribution in [-0.4, -0.2) is 20.9 Å². The number of aromatic hydroxyl groups is 1. The minimum absolute atomic E-state index is 0.0800. The lowest BCUT2D eigenvalue weighted by atomic mass is 10.1. The number of Topliss-reactive ketones (excluding diaryl/α,β-unsaturated/α-hetero) is 1. The number of nitrogens with zero attached hydrogens (tertiary/aromatic N) is 1. The standard InChI is InChI=1S/C11H8N2O4S/c12-11-5-9(15)10(18-11)4-6-1-2-8(14)7(3-6)13(16)17/h1-4,12,14H,5H2/b10-4-,12-11?. The summed E-state index contributed by atoms with van der Waals surface area (Å²) >= 11 is 1.05. The zero-order valence-corrected chi connectivity index (χ0v) is 9.86. The Bertz CT molecular complexity index is 595. The normalized spacial score (nSPS) is 17.4. The van der Waals surface area contributed by atoms with Crippen LogP contribution in [0.3, 0.4) is 0 Å². The minimum atomic E-state index is -0.691. The molecule has 1 heterocycles. The van der Waals surface area contributed by atoms with Gasteiger partial charge in [-0.05, 0) is 17.7 Å². The van der Waals surface area contributed by atoms with Crippen LogP contribution in [0.4, 0.5) is 5.69 Å². The molecule has 1 aromatic carbocycles. The summed E-state index contributed by atoms with van der Waals surface area (Å²) in [6.45, 7) is 0. The van der Waals surface area contributed by atoms with E-state index in [-0.39, 0.29) is 17.2 Å². The van der Waals surface area contributed by atoms with Crippen LogP contribution in [0.15, 0.2) is 23.1 Å². The first-order valence-corrected chi connectivity index (χ1v) is 5.76. The van der Waals surface area contributed by atoms with E-state index < -0.39 is 16.4 Å². The maximum absolute atomic E-state index is 11.5. The van der Waals surface area contributed by atoms with Gasteiger partial charge in [0.15, 0.2) is 11.5 Å². The van der Waals surface area contributed by atoms with Crippen LogP contribution in [0, 0.1) is 15.5 Å². The molecule has 0 bridgehead atoms. The van der Waals surface area contributed by atoms with Gasteiger partial charge in [0.05, 0.1) is 21.3 Å². The summed E-state index contributed by atoms with van der Waals surface area (Å²) in [7, 11) is 0. The molecule has 0 aromatic heterocycles. The van der Waals surface area contributed by atoms with E-state index in [1.54, 1.807) is 0 Å². The Labute approximate surface area is 106 Å². The molecule has 18 heavy (non-hydrogen) atoms. The number of carbonyl (C=O) groups is 1. The highest BCUT2D eigenvalue weighted by atomic mass is 32.2. The fourth-order valence-electron chi connectivity index (χ4n) is 1.50. The van der Waals surface area contributed by atoms with Crippen LogP contribution in [0.1, 0.15) is 12.0 Å². The lowest BCUT2D eigenvalue weighted by molar-refractivity contribution is -0.385. The molecule has 0 aliphatic carbocycles. The van der Waals surface area contributed by atoms with Crippen molar-refractivity contribution < 1.29 is 14.8 Å². The van der Waals surface area contributed by atoms with Gasteiger partial charge >= 0.3 is 5.69 Å². The van der Waals surface area contributed by atoms with Crippen LogP contribution in [0.2, 0.25) is 0 Å². The van der Waals surface area contributed by atoms with Gasteiger partial charge in [-0.15, -0.1) is 0 Å². The number of carbonyl (C=O) groups excluding carboxylic acids is 1. The molecule has 0 atom stereocenters. The summed E-state index contributed by atoms with van der Waals surface area (Å²) in [5.74, 6) is -0.582. The van der Waals surface area contributed by atoms with E-state index in [1.165, 1.54) is 24.3 Å². The van der Waals surface area contributed by atoms with E-state index in [0.717, 1.165) is 11.8 Å². The highest BCUT2D eigenvalue weighted by molar-refractivity contribution is 8.18. The lowest BCUT2D eigenvalue weighted by Gasteiger charge is -1.98. The molecule has 0 amide bonds. The van der Waals surface area contributed by atoms with Crippen molar-refractivity contribution >= 4 is 34.4 Å². The predicted molar refractivity (Wildman–Crippen MR) is 67.7 cm³/mol. The number of ketones is 1. The van der Waals surface area contributed by atoms with Crippen LogP contribution in [0.25, 0.3) is 6.08 Å². The third kappa shape index (κ3) is 2.40. The molecule has 2 N–H and O–H groups in total. The molecule has 0 unspecified atom stereocenters. The summed E-state index contributed by atoms with van der Waals surface area (Å²) in [6, 6.07) is 3.88. The molecule has 1 aliphatic rings. The number of nitro benzene ring substituents is 1. The van der Waals surface area contributed by atoms with E-state index in [4.69, 9.17) is 5.41 Å². The monoisotopic (exact) mass is 264 g/mol. The molecule has 6 nitrogen and oxygen atoms in total. The Kier molecular flexibility index (Phi) is 3.15. The topological polar surface area (TPSA) is 104 Å². The third-order valence-electron chi connectivity index (χ3n) is 2.32. The summed E-state index contributed by atoms with van der Waals surface area (Å²) in [4.78, 5) is 21.8. The number of nitrogens with one attached hydrogen (secondary N) is 1. The molecule has 1 fully saturated rings. The lowest BCUT2D eigenvalue weighted by Crippen LogP contribution is -1.92. The van der Waals surface area contributed by atoms with E-state index in [0.29, 0.717) is 10.5 Å². The van der Waals surface area contributed by atoms with E-state index >= 15 is 0 Å². The molecule has 0 radical (unpaired) electrons. The van der Waals surface area contributed by atoms with Crippen molar-refractivity contribution in [3.8, 4) is 5.75 Å². The number of hydrogen-bond donors (Lipinski definition) is 2. The van der Waals surface area contributed by atoms with Crippen LogP contribution >= 0.6 is 11.8 Å². The van der Waals surface area contributed by atoms with Crippen molar-refractivity contribution in [1.82, 2.24) is 0 Å². The average Bonchev–Trinajstić information content (AvgIpc) is 2.60. The van der Waals surface area contributed by atoms with Gasteiger partial charge in [-0.3, -0.25) is 20.3 Å². The molecule has 2 rings (SSSR count). The van der Waals surface area contributed by atoms with E-state index in [2.05, 4.69) is 0 Å². The Morgan fingerprint density at radius 3 is 2.78 bits per heavy atom. The molecule has 1 aliphatic heterocycles. The maximum Gasteiger partial charge on any atom is 0.311 e. The Morgan fingerprint density at radius 1 is 1.50 bits per heavy atom. The van der Waals surface area contributed by atoms with E-state index in [9.17, 15) is 20.0 Å². The first-order chi connectivity index (χ1) is 8.47. The van der Waals surface area contributed by atoms with Crippen molar-refractivity contribution in [3.05, 3.63) is 38.8 Å². The molecular weight excluding hydrogens is 256 g/mol. The fraction of sp³-hybridized carbons (Fsp3) is 0.0909. The molecule has 1 aromatic rings. The molecule has 0 saturated carbocycles. The first kappa shape index (κ1) is 12.3. The highest BCUT2D eigenvalue weighted by Gasteiger charge is 2.23. The SMILES string of the molecule is N=C1CC(=O)/C(=C/c2ccc(O)c([N+](=O)[O-])c2)S1. The summed E-state index contributed by atoms with van der Waals surface area (Å²) < 4.78 is 0. The van der Waals surface area contributed by atoms with Crippen molar-refractivity contribution in [3.63, 3.8) is 0 Å². The number of thioether (sulfide) groups is 1. The number of phenolic OH excluding ortho intramolecular Hbond substituents is 1. The van der Waals surface area contributed by atoms with Gasteiger partial charge in [-0.2, -0.15) is 0 Å². The largest absolute Gasteiger partial charge is 0.502 e. The molecular formula is C11H8N2O4S. The number of phenols is 1. The maximum atomic E-state index is 11.5. The van der Waals surface area contributed by atoms with Gasteiger partial charge in [-0.25, -0.2) is 0 Å². The molecule has 1 saturated heterocycles. The van der Waals surface area contributed by atoms with Gasteiger partial charge < -0.3 is 5.11 Å². The summed E-state index contributed by atoms with van der Waals surface area (Å²) in [5.41, 5.74) is 0.0416. The summed E-state index contributed by atoms with van der Waals surface area (Å²) in [6.07, 6.45) is 1.57. The minimum Gasteiger partial charge on any atom is -0.502 e. The van der Waals surface area contributed by atoms with Gasteiger partial charge in [0.25, 0.3) is 0 Å². The average molecular weight is 264 g/mol. The van der Waals surface area contributed by atoms with Crippen molar-refractivity contribution in [2.75, 3.05) is 0 Å².